The average molecular weight is 227 g/mol. The van der Waals surface area contributed by atoms with Gasteiger partial charge in [0.15, 0.2) is 0 Å². The third kappa shape index (κ3) is 3.48. The summed E-state index contributed by atoms with van der Waals surface area (Å²) in [5.74, 6) is -0.167. The largest absolute Gasteiger partial charge is 0.370 e. The van der Waals surface area contributed by atoms with Gasteiger partial charge in [-0.2, -0.15) is 0 Å². The molecule has 5 heteroatoms. The zero-order valence-corrected chi connectivity index (χ0v) is 9.74. The van der Waals surface area contributed by atoms with Crippen LogP contribution in [0.3, 0.4) is 0 Å². The summed E-state index contributed by atoms with van der Waals surface area (Å²) in [7, 11) is 0. The smallest absolute Gasteiger partial charge is 0.224 e. The van der Waals surface area contributed by atoms with E-state index in [0.717, 1.165) is 19.3 Å². The fraction of sp³-hybridized carbons (Fsp3) is 0.818. The maximum atomic E-state index is 11.8. The van der Waals surface area contributed by atoms with Gasteiger partial charge in [-0.1, -0.05) is 13.3 Å². The van der Waals surface area contributed by atoms with Crippen molar-refractivity contribution in [3.05, 3.63) is 0 Å². The van der Waals surface area contributed by atoms with Gasteiger partial charge in [-0.25, -0.2) is 0 Å². The lowest BCUT2D eigenvalue weighted by Crippen LogP contribution is -2.47. The van der Waals surface area contributed by atoms with Gasteiger partial charge in [0.2, 0.25) is 11.8 Å². The van der Waals surface area contributed by atoms with Crippen LogP contribution in [-0.2, 0) is 9.59 Å². The number of hydrogen-bond donors (Lipinski definition) is 3. The van der Waals surface area contributed by atoms with E-state index in [0.29, 0.717) is 12.5 Å². The number of carbonyl (C=O) groups excluding carboxylic acids is 2. The summed E-state index contributed by atoms with van der Waals surface area (Å²) in [4.78, 5) is 22.3. The first-order valence-electron chi connectivity index (χ1n) is 5.84. The van der Waals surface area contributed by atoms with Crippen LogP contribution in [0.1, 0.15) is 32.6 Å². The minimum absolute atomic E-state index is 0.0414. The summed E-state index contributed by atoms with van der Waals surface area (Å²) >= 11 is 0. The molecule has 0 aromatic heterocycles. The molecule has 2 amide bonds. The second-order valence-electron chi connectivity index (χ2n) is 4.60. The lowest BCUT2D eigenvalue weighted by atomic mass is 9.78. The molecule has 92 valence electrons. The van der Waals surface area contributed by atoms with Crippen LogP contribution in [0, 0.1) is 11.8 Å². The minimum atomic E-state index is -0.401. The Morgan fingerprint density at radius 3 is 2.69 bits per heavy atom. The third-order valence-corrected chi connectivity index (χ3v) is 3.30. The Hall–Kier alpha value is -1.10. The molecule has 0 bridgehead atoms. The van der Waals surface area contributed by atoms with Crippen LogP contribution in [0.4, 0.5) is 0 Å². The van der Waals surface area contributed by atoms with Crippen molar-refractivity contribution in [3.63, 3.8) is 0 Å². The molecule has 0 saturated heterocycles. The maximum Gasteiger partial charge on any atom is 0.224 e. The van der Waals surface area contributed by atoms with Gasteiger partial charge in [0.25, 0.3) is 0 Å². The van der Waals surface area contributed by atoms with Gasteiger partial charge < -0.3 is 16.8 Å². The molecule has 0 heterocycles. The van der Waals surface area contributed by atoms with E-state index < -0.39 is 5.91 Å². The van der Waals surface area contributed by atoms with Gasteiger partial charge in [-0.05, 0) is 18.8 Å². The maximum absolute atomic E-state index is 11.8. The molecule has 1 saturated carbocycles. The number of rotatable bonds is 4. The zero-order valence-electron chi connectivity index (χ0n) is 9.74. The molecular formula is C11H21N3O2. The summed E-state index contributed by atoms with van der Waals surface area (Å²) in [6, 6.07) is -0.0673. The average Bonchev–Trinajstić information content (AvgIpc) is 2.21. The summed E-state index contributed by atoms with van der Waals surface area (Å²) in [6.07, 6.45) is 3.16. The van der Waals surface area contributed by atoms with Crippen LogP contribution in [0.2, 0.25) is 0 Å². The number of hydrogen-bond acceptors (Lipinski definition) is 3. The van der Waals surface area contributed by atoms with Gasteiger partial charge in [0.05, 0.1) is 5.92 Å². The molecule has 3 unspecified atom stereocenters. The molecule has 0 aromatic carbocycles. The summed E-state index contributed by atoms with van der Waals surface area (Å²) in [5.41, 5.74) is 11.0. The SMILES string of the molecule is CC1CCCC(C(=O)NCCC(N)=O)C1N. The van der Waals surface area contributed by atoms with E-state index in [2.05, 4.69) is 12.2 Å². The Balaban J connectivity index is 2.37. The van der Waals surface area contributed by atoms with Crippen molar-refractivity contribution in [2.75, 3.05) is 6.54 Å². The predicted octanol–water partition coefficient (Wildman–Crippen LogP) is -0.258. The molecule has 0 spiro atoms. The molecule has 0 aromatic rings. The molecule has 5 nitrogen and oxygen atoms in total. The second-order valence-corrected chi connectivity index (χ2v) is 4.60. The van der Waals surface area contributed by atoms with Crippen molar-refractivity contribution < 1.29 is 9.59 Å². The Labute approximate surface area is 95.9 Å². The number of carbonyl (C=O) groups is 2. The molecule has 0 radical (unpaired) electrons. The van der Waals surface area contributed by atoms with Crippen LogP contribution in [-0.4, -0.2) is 24.4 Å². The lowest BCUT2D eigenvalue weighted by molar-refractivity contribution is -0.127. The van der Waals surface area contributed by atoms with E-state index in [-0.39, 0.29) is 24.3 Å². The number of primary amides is 1. The number of nitrogens with two attached hydrogens (primary N) is 2. The molecular weight excluding hydrogens is 206 g/mol. The van der Waals surface area contributed by atoms with Crippen molar-refractivity contribution in [1.82, 2.24) is 5.32 Å². The summed E-state index contributed by atoms with van der Waals surface area (Å²) in [6.45, 7) is 2.39. The monoisotopic (exact) mass is 227 g/mol. The molecule has 3 atom stereocenters. The van der Waals surface area contributed by atoms with E-state index in [4.69, 9.17) is 11.5 Å². The van der Waals surface area contributed by atoms with Crippen molar-refractivity contribution in [2.45, 2.75) is 38.6 Å². The van der Waals surface area contributed by atoms with E-state index >= 15 is 0 Å². The normalized spacial score (nSPS) is 29.8. The van der Waals surface area contributed by atoms with Crippen LogP contribution in [0.5, 0.6) is 0 Å². The molecule has 16 heavy (non-hydrogen) atoms. The van der Waals surface area contributed by atoms with Crippen LogP contribution < -0.4 is 16.8 Å². The van der Waals surface area contributed by atoms with E-state index in [1.165, 1.54) is 0 Å². The molecule has 1 aliphatic rings. The van der Waals surface area contributed by atoms with Gasteiger partial charge in [0.1, 0.15) is 0 Å². The first kappa shape index (κ1) is 13.0. The fourth-order valence-corrected chi connectivity index (χ4v) is 2.19. The summed E-state index contributed by atoms with van der Waals surface area (Å²) in [5, 5.41) is 2.71. The second kappa shape index (κ2) is 5.84. The van der Waals surface area contributed by atoms with E-state index in [1.807, 2.05) is 0 Å². The highest BCUT2D eigenvalue weighted by Crippen LogP contribution is 2.27. The van der Waals surface area contributed by atoms with E-state index in [1.54, 1.807) is 0 Å². The highest BCUT2D eigenvalue weighted by atomic mass is 16.2. The molecule has 5 N–H and O–H groups in total. The highest BCUT2D eigenvalue weighted by Gasteiger charge is 2.32. The lowest BCUT2D eigenvalue weighted by Gasteiger charge is -2.32. The Bertz CT molecular complexity index is 268. The minimum Gasteiger partial charge on any atom is -0.370 e. The third-order valence-electron chi connectivity index (χ3n) is 3.30. The first-order chi connectivity index (χ1) is 7.52. The van der Waals surface area contributed by atoms with Crippen LogP contribution >= 0.6 is 0 Å². The highest BCUT2D eigenvalue weighted by molar-refractivity contribution is 5.80. The summed E-state index contributed by atoms with van der Waals surface area (Å²) < 4.78 is 0. The topological polar surface area (TPSA) is 98.2 Å². The Kier molecular flexibility index (Phi) is 4.73. The van der Waals surface area contributed by atoms with Gasteiger partial charge in [-0.15, -0.1) is 0 Å². The van der Waals surface area contributed by atoms with Gasteiger partial charge in [0, 0.05) is 19.0 Å². The molecule has 1 fully saturated rings. The van der Waals surface area contributed by atoms with Crippen LogP contribution in [0.15, 0.2) is 0 Å². The molecule has 0 aliphatic heterocycles. The Morgan fingerprint density at radius 2 is 2.06 bits per heavy atom. The fourth-order valence-electron chi connectivity index (χ4n) is 2.19. The predicted molar refractivity (Wildman–Crippen MR) is 61.3 cm³/mol. The number of nitrogens with one attached hydrogen (secondary N) is 1. The van der Waals surface area contributed by atoms with Crippen LogP contribution in [0.25, 0.3) is 0 Å². The van der Waals surface area contributed by atoms with Gasteiger partial charge >= 0.3 is 0 Å². The van der Waals surface area contributed by atoms with E-state index in [9.17, 15) is 9.59 Å². The van der Waals surface area contributed by atoms with Crippen molar-refractivity contribution in [3.8, 4) is 0 Å². The van der Waals surface area contributed by atoms with Crippen molar-refractivity contribution in [2.24, 2.45) is 23.3 Å². The quantitative estimate of drug-likeness (QED) is 0.617. The first-order valence-corrected chi connectivity index (χ1v) is 5.84. The standard InChI is InChI=1S/C11H21N3O2/c1-7-3-2-4-8(10(7)13)11(16)14-6-5-9(12)15/h7-8,10H,2-6,13H2,1H3,(H2,12,15)(H,14,16). The Morgan fingerprint density at radius 1 is 1.38 bits per heavy atom. The van der Waals surface area contributed by atoms with Crippen molar-refractivity contribution in [1.29, 1.82) is 0 Å². The zero-order chi connectivity index (χ0) is 12.1. The van der Waals surface area contributed by atoms with Crippen molar-refractivity contribution >= 4 is 11.8 Å². The molecule has 1 rings (SSSR count). The number of amides is 2. The molecule has 1 aliphatic carbocycles. The van der Waals surface area contributed by atoms with Gasteiger partial charge in [-0.3, -0.25) is 9.59 Å².